The van der Waals surface area contributed by atoms with Crippen molar-refractivity contribution in [3.8, 4) is 0 Å². The summed E-state index contributed by atoms with van der Waals surface area (Å²) in [6.45, 7) is 7.13. The van der Waals surface area contributed by atoms with Gasteiger partial charge in [-0.25, -0.2) is 0 Å². The number of rotatable bonds is 3. The molecule has 0 heterocycles. The average molecular weight is 174 g/mol. The first kappa shape index (κ1) is 11.4. The number of nitrogens with two attached hydrogens (primary N) is 1. The predicted molar refractivity (Wildman–Crippen MR) is 43.3 cm³/mol. The van der Waals surface area contributed by atoms with Crippen molar-refractivity contribution in [2.24, 2.45) is 5.73 Å². The van der Waals surface area contributed by atoms with E-state index in [1.165, 1.54) is 0 Å². The summed E-state index contributed by atoms with van der Waals surface area (Å²) in [6.07, 6.45) is -0.532. The van der Waals surface area contributed by atoms with E-state index in [4.69, 9.17) is 10.5 Å². The lowest BCUT2D eigenvalue weighted by Crippen LogP contribution is -2.51. The van der Waals surface area contributed by atoms with Crippen LogP contribution in [-0.4, -0.2) is 23.7 Å². The topological polar surface area (TPSA) is 75.4 Å². The molecule has 2 atom stereocenters. The quantitative estimate of drug-likeness (QED) is 0.612. The van der Waals surface area contributed by atoms with Crippen LogP contribution in [0.4, 0.5) is 0 Å². The van der Waals surface area contributed by atoms with Crippen molar-refractivity contribution in [2.45, 2.75) is 45.4 Å². The van der Waals surface area contributed by atoms with Gasteiger partial charge >= 0.3 is 0 Å². The zero-order valence-corrected chi connectivity index (χ0v) is 7.96. The zero-order chi connectivity index (χ0) is 9.94. The molecule has 0 amide bonds. The second-order valence-electron chi connectivity index (χ2n) is 3.78. The van der Waals surface area contributed by atoms with Crippen LogP contribution < -0.4 is 10.8 Å². The Morgan fingerprint density at radius 2 is 1.92 bits per heavy atom. The molecule has 12 heavy (non-hydrogen) atoms. The number of hydrogen-bond donors (Lipinski definition) is 1. The van der Waals surface area contributed by atoms with E-state index in [9.17, 15) is 9.90 Å². The van der Waals surface area contributed by atoms with Crippen molar-refractivity contribution in [3.63, 3.8) is 0 Å². The molecule has 0 fully saturated rings. The van der Waals surface area contributed by atoms with Crippen molar-refractivity contribution >= 4 is 5.97 Å². The minimum absolute atomic E-state index is 0.382. The highest BCUT2D eigenvalue weighted by Gasteiger charge is 2.20. The maximum atomic E-state index is 10.3. The molecule has 0 bridgehead atoms. The first-order valence-electron chi connectivity index (χ1n) is 3.88. The van der Waals surface area contributed by atoms with Crippen LogP contribution in [0.5, 0.6) is 0 Å². The fourth-order valence-corrected chi connectivity index (χ4v) is 0.823. The van der Waals surface area contributed by atoms with Crippen LogP contribution in [0.15, 0.2) is 0 Å². The lowest BCUT2D eigenvalue weighted by Gasteiger charge is -2.29. The van der Waals surface area contributed by atoms with Crippen LogP contribution in [0.2, 0.25) is 0 Å². The Hall–Kier alpha value is -0.610. The molecule has 4 heteroatoms. The van der Waals surface area contributed by atoms with Gasteiger partial charge in [0.1, 0.15) is 0 Å². The molecule has 0 aromatic heterocycles. The summed E-state index contributed by atoms with van der Waals surface area (Å²) < 4.78 is 5.31. The third kappa shape index (κ3) is 4.31. The highest BCUT2D eigenvalue weighted by atomic mass is 16.5. The van der Waals surface area contributed by atoms with E-state index in [-0.39, 0.29) is 5.60 Å². The van der Waals surface area contributed by atoms with Gasteiger partial charge in [-0.1, -0.05) is 0 Å². The molecule has 0 aliphatic carbocycles. The number of aliphatic carboxylic acids is 1. The van der Waals surface area contributed by atoms with Crippen molar-refractivity contribution < 1.29 is 14.6 Å². The van der Waals surface area contributed by atoms with Gasteiger partial charge in [-0.3, -0.25) is 0 Å². The number of carboxylic acid groups (broad SMARTS) is 1. The van der Waals surface area contributed by atoms with E-state index in [1.54, 1.807) is 6.92 Å². The van der Waals surface area contributed by atoms with E-state index in [0.29, 0.717) is 0 Å². The SMILES string of the molecule is C[C@@H](OC(C)(C)C)[C@H](N)C(=O)[O-]. The van der Waals surface area contributed by atoms with Crippen molar-refractivity contribution in [3.05, 3.63) is 0 Å². The molecule has 0 aromatic carbocycles. The smallest absolute Gasteiger partial charge is 0.0758 e. The van der Waals surface area contributed by atoms with E-state index < -0.39 is 18.1 Å². The van der Waals surface area contributed by atoms with Gasteiger partial charge in [-0.15, -0.1) is 0 Å². The Balaban J connectivity index is 4.04. The molecule has 4 nitrogen and oxygen atoms in total. The summed E-state index contributed by atoms with van der Waals surface area (Å²) in [6, 6.07) is -1.07. The summed E-state index contributed by atoms with van der Waals surface area (Å²) in [7, 11) is 0. The summed E-state index contributed by atoms with van der Waals surface area (Å²) in [5, 5.41) is 10.3. The van der Waals surface area contributed by atoms with Gasteiger partial charge in [0.05, 0.1) is 23.7 Å². The van der Waals surface area contributed by atoms with Gasteiger partial charge in [0.25, 0.3) is 0 Å². The number of hydrogen-bond acceptors (Lipinski definition) is 4. The number of carbonyl (C=O) groups is 1. The highest BCUT2D eigenvalue weighted by molar-refractivity contribution is 5.71. The molecule has 0 rings (SSSR count). The Kier molecular flexibility index (Phi) is 3.67. The molecule has 0 aromatic rings. The number of ether oxygens (including phenoxy) is 1. The lowest BCUT2D eigenvalue weighted by molar-refractivity contribution is -0.310. The molecule has 0 radical (unpaired) electrons. The maximum absolute atomic E-state index is 10.3. The average Bonchev–Trinajstić information content (AvgIpc) is 1.82. The van der Waals surface area contributed by atoms with Crippen LogP contribution in [0, 0.1) is 0 Å². The molecule has 0 aliphatic rings. The normalized spacial score (nSPS) is 17.1. The molecular formula is C8H16NO3-. The van der Waals surface area contributed by atoms with E-state index >= 15 is 0 Å². The van der Waals surface area contributed by atoms with Gasteiger partial charge in [0.2, 0.25) is 0 Å². The minimum atomic E-state index is -1.29. The van der Waals surface area contributed by atoms with Crippen LogP contribution in [-0.2, 0) is 9.53 Å². The molecule has 2 N–H and O–H groups in total. The Morgan fingerprint density at radius 3 is 2.17 bits per heavy atom. The fraction of sp³-hybridized carbons (Fsp3) is 0.875. The van der Waals surface area contributed by atoms with Crippen LogP contribution in [0.25, 0.3) is 0 Å². The summed E-state index contributed by atoms with van der Waals surface area (Å²) in [5.41, 5.74) is 4.90. The van der Waals surface area contributed by atoms with Crippen LogP contribution in [0.3, 0.4) is 0 Å². The first-order chi connectivity index (χ1) is 5.24. The number of carboxylic acids is 1. The highest BCUT2D eigenvalue weighted by Crippen LogP contribution is 2.11. The van der Waals surface area contributed by atoms with Crippen LogP contribution in [0.1, 0.15) is 27.7 Å². The standard InChI is InChI=1S/C8H17NO3/c1-5(6(9)7(10)11)12-8(2,3)4/h5-6H,9H2,1-4H3,(H,10,11)/p-1/t5-,6+/m1/s1. The minimum Gasteiger partial charge on any atom is -0.548 e. The largest absolute Gasteiger partial charge is 0.548 e. The third-order valence-corrected chi connectivity index (χ3v) is 1.32. The van der Waals surface area contributed by atoms with Gasteiger partial charge in [0.15, 0.2) is 0 Å². The van der Waals surface area contributed by atoms with E-state index in [1.807, 2.05) is 20.8 Å². The summed E-state index contributed by atoms with van der Waals surface area (Å²) in [4.78, 5) is 10.3. The van der Waals surface area contributed by atoms with Gasteiger partial charge in [0, 0.05) is 0 Å². The summed E-state index contributed by atoms with van der Waals surface area (Å²) >= 11 is 0. The monoisotopic (exact) mass is 174 g/mol. The Morgan fingerprint density at radius 1 is 1.50 bits per heavy atom. The van der Waals surface area contributed by atoms with Crippen LogP contribution >= 0.6 is 0 Å². The lowest BCUT2D eigenvalue weighted by atomic mass is 10.1. The summed E-state index contributed by atoms with van der Waals surface area (Å²) in [5.74, 6) is -1.29. The molecule has 0 saturated carbocycles. The molecule has 0 unspecified atom stereocenters. The molecule has 0 spiro atoms. The fourth-order valence-electron chi connectivity index (χ4n) is 0.823. The second kappa shape index (κ2) is 3.87. The van der Waals surface area contributed by atoms with E-state index in [0.717, 1.165) is 0 Å². The van der Waals surface area contributed by atoms with E-state index in [2.05, 4.69) is 0 Å². The maximum Gasteiger partial charge on any atom is 0.0758 e. The van der Waals surface area contributed by atoms with Gasteiger partial charge in [-0.05, 0) is 27.7 Å². The first-order valence-corrected chi connectivity index (χ1v) is 3.88. The molecule has 0 aliphatic heterocycles. The molecular weight excluding hydrogens is 158 g/mol. The zero-order valence-electron chi connectivity index (χ0n) is 7.96. The van der Waals surface area contributed by atoms with Crippen molar-refractivity contribution in [1.82, 2.24) is 0 Å². The third-order valence-electron chi connectivity index (χ3n) is 1.32. The number of carbonyl (C=O) groups excluding carboxylic acids is 1. The van der Waals surface area contributed by atoms with Crippen molar-refractivity contribution in [2.75, 3.05) is 0 Å². The van der Waals surface area contributed by atoms with Gasteiger partial charge in [-0.2, -0.15) is 0 Å². The predicted octanol–water partition coefficient (Wildman–Crippen LogP) is -0.733. The Labute approximate surface area is 72.7 Å². The Bertz CT molecular complexity index is 162. The molecule has 0 saturated heterocycles. The van der Waals surface area contributed by atoms with Gasteiger partial charge < -0.3 is 20.4 Å². The second-order valence-corrected chi connectivity index (χ2v) is 3.78. The molecule has 72 valence electrons. The van der Waals surface area contributed by atoms with Crippen molar-refractivity contribution in [1.29, 1.82) is 0 Å².